The summed E-state index contributed by atoms with van der Waals surface area (Å²) in [5.41, 5.74) is 1.18. The summed E-state index contributed by atoms with van der Waals surface area (Å²) in [5.74, 6) is 1.02. The van der Waals surface area contributed by atoms with Gasteiger partial charge in [-0.3, -0.25) is 4.79 Å². The highest BCUT2D eigenvalue weighted by atomic mass is 32.2. The Morgan fingerprint density at radius 1 is 1.17 bits per heavy atom. The number of aryl methyl sites for hydroxylation is 1. The molecule has 1 aromatic carbocycles. The van der Waals surface area contributed by atoms with Crippen LogP contribution < -0.4 is 5.32 Å². The Bertz CT molecular complexity index is 1040. The monoisotopic (exact) mass is 434 g/mol. The van der Waals surface area contributed by atoms with Gasteiger partial charge in [-0.1, -0.05) is 26.7 Å². The fourth-order valence-corrected chi connectivity index (χ4v) is 5.97. The molecule has 0 spiro atoms. The summed E-state index contributed by atoms with van der Waals surface area (Å²) in [7, 11) is -3.61. The second-order valence-electron chi connectivity index (χ2n) is 8.58. The van der Waals surface area contributed by atoms with Crippen LogP contribution in [0.15, 0.2) is 27.5 Å². The molecule has 8 heteroatoms. The van der Waals surface area contributed by atoms with Crippen molar-refractivity contribution < 1.29 is 22.4 Å². The van der Waals surface area contributed by atoms with E-state index in [9.17, 15) is 13.2 Å². The van der Waals surface area contributed by atoms with Crippen LogP contribution in [0, 0.1) is 18.8 Å². The van der Waals surface area contributed by atoms with Crippen LogP contribution in [0.1, 0.15) is 49.2 Å². The zero-order valence-electron chi connectivity index (χ0n) is 17.8. The van der Waals surface area contributed by atoms with E-state index in [1.165, 1.54) is 10.7 Å². The normalized spacial score (nSPS) is 26.0. The maximum atomic E-state index is 13.0. The fourth-order valence-electron chi connectivity index (χ4n) is 4.53. The summed E-state index contributed by atoms with van der Waals surface area (Å²) in [6.45, 7) is 7.70. The zero-order chi connectivity index (χ0) is 21.5. The van der Waals surface area contributed by atoms with Crippen molar-refractivity contribution in [3.63, 3.8) is 0 Å². The molecule has 1 saturated heterocycles. The van der Waals surface area contributed by atoms with Gasteiger partial charge in [0.15, 0.2) is 5.76 Å². The lowest BCUT2D eigenvalue weighted by atomic mass is 9.78. The molecule has 2 aromatic rings. The van der Waals surface area contributed by atoms with Crippen LogP contribution in [-0.4, -0.2) is 51.0 Å². The van der Waals surface area contributed by atoms with Gasteiger partial charge < -0.3 is 14.5 Å². The molecule has 30 heavy (non-hydrogen) atoms. The molecule has 1 saturated carbocycles. The fraction of sp³-hybridized carbons (Fsp3) is 0.591. The highest BCUT2D eigenvalue weighted by Crippen LogP contribution is 2.32. The summed E-state index contributed by atoms with van der Waals surface area (Å²) in [6.07, 6.45) is 3.27. The van der Waals surface area contributed by atoms with Gasteiger partial charge in [-0.05, 0) is 43.4 Å². The predicted octanol–water partition coefficient (Wildman–Crippen LogP) is 3.32. The largest absolute Gasteiger partial charge is 0.451 e. The molecule has 2 heterocycles. The van der Waals surface area contributed by atoms with E-state index in [0.717, 1.165) is 12.8 Å². The van der Waals surface area contributed by atoms with Crippen LogP contribution in [0.5, 0.6) is 0 Å². The molecule has 0 unspecified atom stereocenters. The lowest BCUT2D eigenvalue weighted by molar-refractivity contribution is 0.0730. The third kappa shape index (κ3) is 3.88. The highest BCUT2D eigenvalue weighted by molar-refractivity contribution is 7.89. The Balaban J connectivity index is 1.60. The number of nitrogens with zero attached hydrogens (tertiary/aromatic N) is 1. The third-order valence-corrected chi connectivity index (χ3v) is 8.64. The number of fused-ring (bicyclic) bond motifs is 1. The van der Waals surface area contributed by atoms with Crippen molar-refractivity contribution in [3.05, 3.63) is 29.5 Å². The number of carbonyl (C=O) groups is 1. The van der Waals surface area contributed by atoms with Crippen molar-refractivity contribution in [2.24, 2.45) is 11.8 Å². The summed E-state index contributed by atoms with van der Waals surface area (Å²) in [4.78, 5) is 13.2. The van der Waals surface area contributed by atoms with Gasteiger partial charge in [-0.2, -0.15) is 4.31 Å². The third-order valence-electron chi connectivity index (χ3n) is 6.75. The maximum Gasteiger partial charge on any atom is 0.287 e. The van der Waals surface area contributed by atoms with Crippen LogP contribution >= 0.6 is 0 Å². The maximum absolute atomic E-state index is 13.0. The molecule has 4 rings (SSSR count). The van der Waals surface area contributed by atoms with Crippen molar-refractivity contribution in [1.29, 1.82) is 0 Å². The van der Waals surface area contributed by atoms with E-state index in [1.807, 2.05) is 0 Å². The standard InChI is InChI=1S/C22H30N2O5S/c1-14-5-4-6-19(15(14)2)23-22(25)21-16(3)18-13-17(7-8-20(18)29-21)30(26,27)24-9-11-28-12-10-24/h7-8,13-15,19H,4-6,9-12H2,1-3H3,(H,23,25)/t14-,15+,19-/m1/s1. The average Bonchev–Trinajstić information content (AvgIpc) is 3.08. The Hall–Kier alpha value is -1.90. The molecule has 1 amide bonds. The Morgan fingerprint density at radius 3 is 2.63 bits per heavy atom. The first-order valence-corrected chi connectivity index (χ1v) is 12.1. The van der Waals surface area contributed by atoms with Crippen molar-refractivity contribution in [3.8, 4) is 0 Å². The van der Waals surface area contributed by atoms with Gasteiger partial charge in [0.05, 0.1) is 18.1 Å². The van der Waals surface area contributed by atoms with Gasteiger partial charge in [0.2, 0.25) is 10.0 Å². The molecule has 1 aliphatic carbocycles. The lowest BCUT2D eigenvalue weighted by Crippen LogP contribution is -2.43. The number of amides is 1. The average molecular weight is 435 g/mol. The summed E-state index contributed by atoms with van der Waals surface area (Å²) in [5, 5.41) is 3.79. The number of hydrogen-bond acceptors (Lipinski definition) is 5. The first kappa shape index (κ1) is 21.3. The van der Waals surface area contributed by atoms with Crippen molar-refractivity contribution in [2.75, 3.05) is 26.3 Å². The van der Waals surface area contributed by atoms with Crippen LogP contribution in [0.2, 0.25) is 0 Å². The first-order chi connectivity index (χ1) is 14.3. The second-order valence-corrected chi connectivity index (χ2v) is 10.5. The number of nitrogens with one attached hydrogen (secondary N) is 1. The van der Waals surface area contributed by atoms with Crippen LogP contribution in [0.4, 0.5) is 0 Å². The van der Waals surface area contributed by atoms with Gasteiger partial charge in [0.1, 0.15) is 5.58 Å². The lowest BCUT2D eigenvalue weighted by Gasteiger charge is -2.34. The molecule has 2 aliphatic rings. The minimum atomic E-state index is -3.61. The highest BCUT2D eigenvalue weighted by Gasteiger charge is 2.31. The van der Waals surface area contributed by atoms with Crippen molar-refractivity contribution in [1.82, 2.24) is 9.62 Å². The van der Waals surface area contributed by atoms with Gasteiger partial charge in [0.25, 0.3) is 5.91 Å². The Labute approximate surface area is 177 Å². The number of rotatable bonds is 4. The number of sulfonamides is 1. The molecule has 1 aromatic heterocycles. The van der Waals surface area contributed by atoms with E-state index >= 15 is 0 Å². The topological polar surface area (TPSA) is 88.8 Å². The molecule has 0 bridgehead atoms. The van der Waals surface area contributed by atoms with Gasteiger partial charge >= 0.3 is 0 Å². The molecule has 1 aliphatic heterocycles. The number of benzene rings is 1. The van der Waals surface area contributed by atoms with Crippen LogP contribution in [0.25, 0.3) is 11.0 Å². The quantitative estimate of drug-likeness (QED) is 0.797. The number of hydrogen-bond donors (Lipinski definition) is 1. The predicted molar refractivity (Wildman–Crippen MR) is 114 cm³/mol. The molecular weight excluding hydrogens is 404 g/mol. The van der Waals surface area contributed by atoms with Crippen LogP contribution in [0.3, 0.4) is 0 Å². The van der Waals surface area contributed by atoms with Gasteiger partial charge in [-0.25, -0.2) is 8.42 Å². The molecule has 2 fully saturated rings. The number of furan rings is 1. The van der Waals surface area contributed by atoms with E-state index in [1.54, 1.807) is 25.1 Å². The van der Waals surface area contributed by atoms with E-state index in [4.69, 9.17) is 9.15 Å². The molecule has 0 radical (unpaired) electrons. The molecule has 3 atom stereocenters. The van der Waals surface area contributed by atoms with Crippen LogP contribution in [-0.2, 0) is 14.8 Å². The SMILES string of the molecule is Cc1c(C(=O)N[C@@H]2CCC[C@@H](C)[C@@H]2C)oc2ccc(S(=O)(=O)N3CCOCC3)cc12. The molecule has 1 N–H and O–H groups in total. The van der Waals surface area contributed by atoms with Crippen molar-refractivity contribution >= 4 is 26.9 Å². The van der Waals surface area contributed by atoms with E-state index in [0.29, 0.717) is 54.7 Å². The Morgan fingerprint density at radius 2 is 1.90 bits per heavy atom. The molecular formula is C22H30N2O5S. The van der Waals surface area contributed by atoms with E-state index in [2.05, 4.69) is 19.2 Å². The Kier molecular flexibility index (Phi) is 5.92. The first-order valence-electron chi connectivity index (χ1n) is 10.7. The second kappa shape index (κ2) is 8.32. The summed E-state index contributed by atoms with van der Waals surface area (Å²) < 4.78 is 38.5. The zero-order valence-corrected chi connectivity index (χ0v) is 18.6. The minimum Gasteiger partial charge on any atom is -0.451 e. The summed E-state index contributed by atoms with van der Waals surface area (Å²) >= 11 is 0. The summed E-state index contributed by atoms with van der Waals surface area (Å²) in [6, 6.07) is 4.92. The van der Waals surface area contributed by atoms with E-state index < -0.39 is 10.0 Å². The minimum absolute atomic E-state index is 0.131. The number of ether oxygens (including phenoxy) is 1. The smallest absolute Gasteiger partial charge is 0.287 e. The van der Waals surface area contributed by atoms with Gasteiger partial charge in [-0.15, -0.1) is 0 Å². The van der Waals surface area contributed by atoms with Crippen molar-refractivity contribution in [2.45, 2.75) is 51.0 Å². The van der Waals surface area contributed by atoms with E-state index in [-0.39, 0.29) is 22.6 Å². The number of morpholine rings is 1. The van der Waals surface area contributed by atoms with Gasteiger partial charge in [0, 0.05) is 30.1 Å². The molecule has 164 valence electrons. The molecule has 7 nitrogen and oxygen atoms in total. The number of carbonyl (C=O) groups excluding carboxylic acids is 1.